The molecule has 3 nitrogen and oxygen atoms in total. The summed E-state index contributed by atoms with van der Waals surface area (Å²) in [6, 6.07) is 7.00. The number of nitrogens with zero attached hydrogens (tertiary/aromatic N) is 2. The van der Waals surface area contributed by atoms with Crippen molar-refractivity contribution in [1.29, 1.82) is 10.5 Å². The lowest BCUT2D eigenvalue weighted by molar-refractivity contribution is 0.584. The number of halogens is 1. The Balaban J connectivity index is 3.08. The van der Waals surface area contributed by atoms with Gasteiger partial charge < -0.3 is 5.73 Å². The van der Waals surface area contributed by atoms with Crippen LogP contribution in [0.1, 0.15) is 23.6 Å². The molecule has 2 N–H and O–H groups in total. The zero-order valence-electron chi connectivity index (χ0n) is 7.37. The molecule has 1 aromatic rings. The summed E-state index contributed by atoms with van der Waals surface area (Å²) in [5.74, 6) is -0.480. The quantitative estimate of drug-likeness (QED) is 0.768. The van der Waals surface area contributed by atoms with E-state index in [0.717, 1.165) is 0 Å². The van der Waals surface area contributed by atoms with Crippen molar-refractivity contribution < 1.29 is 4.39 Å². The van der Waals surface area contributed by atoms with E-state index in [2.05, 4.69) is 0 Å². The van der Waals surface area contributed by atoms with Gasteiger partial charge in [0.15, 0.2) is 0 Å². The Morgan fingerprint density at radius 2 is 2.14 bits per heavy atom. The Morgan fingerprint density at radius 1 is 1.43 bits per heavy atom. The van der Waals surface area contributed by atoms with E-state index >= 15 is 0 Å². The second kappa shape index (κ2) is 4.36. The molecule has 70 valence electrons. The summed E-state index contributed by atoms with van der Waals surface area (Å²) < 4.78 is 13.2. The highest BCUT2D eigenvalue weighted by atomic mass is 19.1. The van der Waals surface area contributed by atoms with Gasteiger partial charge in [-0.25, -0.2) is 4.39 Å². The highest BCUT2D eigenvalue weighted by Crippen LogP contribution is 2.18. The third kappa shape index (κ3) is 2.07. The second-order valence-corrected chi connectivity index (χ2v) is 2.82. The molecule has 0 heterocycles. The van der Waals surface area contributed by atoms with Gasteiger partial charge in [-0.15, -0.1) is 0 Å². The molecule has 0 saturated carbocycles. The maximum atomic E-state index is 13.2. The molecule has 14 heavy (non-hydrogen) atoms. The first-order valence-electron chi connectivity index (χ1n) is 4.01. The molecule has 0 aliphatic heterocycles. The van der Waals surface area contributed by atoms with Crippen LogP contribution in [0.25, 0.3) is 0 Å². The van der Waals surface area contributed by atoms with Gasteiger partial charge in [0.05, 0.1) is 24.1 Å². The number of nitrogens with two attached hydrogens (primary N) is 1. The van der Waals surface area contributed by atoms with E-state index in [9.17, 15) is 4.39 Å². The fourth-order valence-corrected chi connectivity index (χ4v) is 1.11. The SMILES string of the molecule is N#CC[C@H](N)c1cc(C#N)ccc1F. The second-order valence-electron chi connectivity index (χ2n) is 2.82. The molecule has 1 aromatic carbocycles. The van der Waals surface area contributed by atoms with Crippen LogP contribution >= 0.6 is 0 Å². The summed E-state index contributed by atoms with van der Waals surface area (Å²) in [6.07, 6.45) is 0.0335. The van der Waals surface area contributed by atoms with E-state index in [4.69, 9.17) is 16.3 Å². The van der Waals surface area contributed by atoms with Crippen LogP contribution in [0.5, 0.6) is 0 Å². The van der Waals surface area contributed by atoms with Gasteiger partial charge in [-0.1, -0.05) is 0 Å². The van der Waals surface area contributed by atoms with Gasteiger partial charge in [-0.3, -0.25) is 0 Å². The zero-order valence-corrected chi connectivity index (χ0v) is 7.37. The monoisotopic (exact) mass is 189 g/mol. The molecule has 0 fully saturated rings. The smallest absolute Gasteiger partial charge is 0.128 e. The zero-order chi connectivity index (χ0) is 10.6. The van der Waals surface area contributed by atoms with Crippen molar-refractivity contribution in [2.24, 2.45) is 5.73 Å². The molecule has 0 unspecified atom stereocenters. The van der Waals surface area contributed by atoms with Crippen molar-refractivity contribution in [3.05, 3.63) is 35.1 Å². The van der Waals surface area contributed by atoms with Crippen LogP contribution < -0.4 is 5.73 Å². The largest absolute Gasteiger partial charge is 0.323 e. The van der Waals surface area contributed by atoms with Gasteiger partial charge in [0.2, 0.25) is 0 Å². The number of benzene rings is 1. The summed E-state index contributed by atoms with van der Waals surface area (Å²) in [5.41, 5.74) is 6.11. The molecule has 1 atom stereocenters. The predicted octanol–water partition coefficient (Wildman–Crippen LogP) is 1.61. The molecule has 0 bridgehead atoms. The average Bonchev–Trinajstić information content (AvgIpc) is 2.19. The van der Waals surface area contributed by atoms with Crippen LogP contribution in [-0.2, 0) is 0 Å². The summed E-state index contributed by atoms with van der Waals surface area (Å²) in [4.78, 5) is 0. The topological polar surface area (TPSA) is 73.6 Å². The van der Waals surface area contributed by atoms with E-state index in [0.29, 0.717) is 5.56 Å². The molecular weight excluding hydrogens is 181 g/mol. The molecular formula is C10H8FN3. The van der Waals surface area contributed by atoms with E-state index in [1.54, 1.807) is 0 Å². The molecule has 4 heteroatoms. The highest BCUT2D eigenvalue weighted by molar-refractivity contribution is 5.35. The van der Waals surface area contributed by atoms with E-state index in [-0.39, 0.29) is 12.0 Å². The fourth-order valence-electron chi connectivity index (χ4n) is 1.11. The molecule has 0 aliphatic carbocycles. The maximum Gasteiger partial charge on any atom is 0.128 e. The summed E-state index contributed by atoms with van der Waals surface area (Å²) in [7, 11) is 0. The van der Waals surface area contributed by atoms with E-state index < -0.39 is 11.9 Å². The lowest BCUT2D eigenvalue weighted by Gasteiger charge is -2.08. The molecule has 0 radical (unpaired) electrons. The Bertz CT molecular complexity index is 414. The number of hydrogen-bond donors (Lipinski definition) is 1. The summed E-state index contributed by atoms with van der Waals surface area (Å²) in [5, 5.41) is 17.0. The fraction of sp³-hybridized carbons (Fsp3) is 0.200. The van der Waals surface area contributed by atoms with Crippen molar-refractivity contribution in [3.63, 3.8) is 0 Å². The normalized spacial score (nSPS) is 11.4. The molecule has 1 rings (SSSR count). The minimum Gasteiger partial charge on any atom is -0.323 e. The first-order chi connectivity index (χ1) is 6.69. The molecule has 0 aromatic heterocycles. The van der Waals surface area contributed by atoms with Crippen LogP contribution in [0.15, 0.2) is 18.2 Å². The van der Waals surface area contributed by atoms with Crippen LogP contribution in [-0.4, -0.2) is 0 Å². The average molecular weight is 189 g/mol. The molecule has 0 amide bonds. The lowest BCUT2D eigenvalue weighted by atomic mass is 10.0. The van der Waals surface area contributed by atoms with Gasteiger partial charge in [-0.2, -0.15) is 10.5 Å². The number of rotatable bonds is 2. The molecule has 0 saturated heterocycles. The van der Waals surface area contributed by atoms with E-state index in [1.165, 1.54) is 18.2 Å². The number of hydrogen-bond acceptors (Lipinski definition) is 3. The minimum atomic E-state index is -0.673. The number of nitriles is 2. The minimum absolute atomic E-state index is 0.0335. The lowest BCUT2D eigenvalue weighted by Crippen LogP contribution is -2.11. The standard InChI is InChI=1S/C10H8FN3/c11-9-2-1-7(6-13)5-8(9)10(14)3-4-12/h1-2,5,10H,3,14H2/t10-/m0/s1. The molecule has 0 spiro atoms. The van der Waals surface area contributed by atoms with E-state index in [1.807, 2.05) is 12.1 Å². The summed E-state index contributed by atoms with van der Waals surface area (Å²) in [6.45, 7) is 0. The third-order valence-electron chi connectivity index (χ3n) is 1.84. The van der Waals surface area contributed by atoms with Crippen LogP contribution in [0.2, 0.25) is 0 Å². The van der Waals surface area contributed by atoms with Gasteiger partial charge in [0, 0.05) is 11.6 Å². The Labute approximate surface area is 81.2 Å². The maximum absolute atomic E-state index is 13.2. The Hall–Kier alpha value is -1.91. The van der Waals surface area contributed by atoms with Crippen molar-refractivity contribution >= 4 is 0 Å². The van der Waals surface area contributed by atoms with Gasteiger partial charge in [0.1, 0.15) is 5.82 Å². The van der Waals surface area contributed by atoms with Crippen LogP contribution in [0.4, 0.5) is 4.39 Å². The van der Waals surface area contributed by atoms with Crippen molar-refractivity contribution in [1.82, 2.24) is 0 Å². The summed E-state index contributed by atoms with van der Waals surface area (Å²) >= 11 is 0. The highest BCUT2D eigenvalue weighted by Gasteiger charge is 2.11. The first kappa shape index (κ1) is 10.2. The van der Waals surface area contributed by atoms with Gasteiger partial charge in [-0.05, 0) is 18.2 Å². The molecule has 0 aliphatic rings. The van der Waals surface area contributed by atoms with Crippen molar-refractivity contribution in [2.75, 3.05) is 0 Å². The Kier molecular flexibility index (Phi) is 3.17. The Morgan fingerprint density at radius 3 is 2.71 bits per heavy atom. The predicted molar refractivity (Wildman–Crippen MR) is 48.3 cm³/mol. The van der Waals surface area contributed by atoms with Gasteiger partial charge >= 0.3 is 0 Å². The van der Waals surface area contributed by atoms with Crippen molar-refractivity contribution in [2.45, 2.75) is 12.5 Å². The third-order valence-corrected chi connectivity index (χ3v) is 1.84. The van der Waals surface area contributed by atoms with Crippen molar-refractivity contribution in [3.8, 4) is 12.1 Å². The first-order valence-corrected chi connectivity index (χ1v) is 4.01. The van der Waals surface area contributed by atoms with Crippen LogP contribution in [0, 0.1) is 28.5 Å². The van der Waals surface area contributed by atoms with Gasteiger partial charge in [0.25, 0.3) is 0 Å². The van der Waals surface area contributed by atoms with Crippen LogP contribution in [0.3, 0.4) is 0 Å².